The number of rotatable bonds is 5. The molecule has 3 aromatic rings. The smallest absolute Gasteiger partial charge is 0.255 e. The Morgan fingerprint density at radius 3 is 2.71 bits per heavy atom. The maximum absolute atomic E-state index is 12.0. The van der Waals surface area contributed by atoms with E-state index in [0.29, 0.717) is 29.3 Å². The number of carbonyl (C=O) groups is 1. The molecule has 0 aliphatic rings. The molecule has 1 amide bonds. The van der Waals surface area contributed by atoms with Gasteiger partial charge < -0.3 is 5.32 Å². The van der Waals surface area contributed by atoms with E-state index in [4.69, 9.17) is 11.6 Å². The van der Waals surface area contributed by atoms with Crippen LogP contribution in [0.2, 0.25) is 5.02 Å². The first-order valence-electron chi connectivity index (χ1n) is 7.76. The largest absolute Gasteiger partial charge is 0.352 e. The highest BCUT2D eigenvalue weighted by atomic mass is 35.5. The Labute approximate surface area is 144 Å². The molecule has 3 rings (SSSR count). The van der Waals surface area contributed by atoms with Gasteiger partial charge in [-0.15, -0.1) is 10.2 Å². The quantitative estimate of drug-likeness (QED) is 0.723. The molecule has 0 saturated carbocycles. The van der Waals surface area contributed by atoms with Crippen LogP contribution in [0.1, 0.15) is 34.0 Å². The lowest BCUT2D eigenvalue weighted by Crippen LogP contribution is -2.24. The van der Waals surface area contributed by atoms with Crippen LogP contribution in [0.3, 0.4) is 0 Å². The van der Waals surface area contributed by atoms with E-state index in [9.17, 15) is 4.79 Å². The second-order valence-electron chi connectivity index (χ2n) is 5.66. The van der Waals surface area contributed by atoms with Gasteiger partial charge in [0.25, 0.3) is 11.7 Å². The van der Waals surface area contributed by atoms with Crippen molar-refractivity contribution in [3.63, 3.8) is 0 Å². The molecule has 0 spiro atoms. The van der Waals surface area contributed by atoms with Gasteiger partial charge in [-0.05, 0) is 50.6 Å². The topological polar surface area (TPSA) is 72.2 Å². The van der Waals surface area contributed by atoms with Crippen LogP contribution in [0.15, 0.2) is 30.3 Å². The van der Waals surface area contributed by atoms with Crippen LogP contribution < -0.4 is 5.32 Å². The first kappa shape index (κ1) is 16.4. The summed E-state index contributed by atoms with van der Waals surface area (Å²) in [7, 11) is 0. The molecule has 124 valence electrons. The van der Waals surface area contributed by atoms with E-state index in [1.165, 1.54) is 0 Å². The van der Waals surface area contributed by atoms with Crippen LogP contribution in [-0.2, 0) is 6.42 Å². The van der Waals surface area contributed by atoms with E-state index in [-0.39, 0.29) is 5.91 Å². The highest BCUT2D eigenvalue weighted by Crippen LogP contribution is 2.10. The Balaban J connectivity index is 1.57. The molecule has 0 saturated heterocycles. The van der Waals surface area contributed by atoms with Gasteiger partial charge in [-0.1, -0.05) is 11.6 Å². The van der Waals surface area contributed by atoms with Crippen molar-refractivity contribution < 1.29 is 4.79 Å². The standard InChI is InChI=1S/C17H18ClN5O/c1-11-10-12(2)23-15(21-22-17(23)20-11)4-3-9-19-16(24)13-5-7-14(18)8-6-13/h5-8,10H,3-4,9H2,1-2H3,(H,19,24). The molecule has 7 heteroatoms. The maximum atomic E-state index is 12.0. The molecule has 2 aromatic heterocycles. The first-order chi connectivity index (χ1) is 11.5. The molecular formula is C17H18ClN5O. The van der Waals surface area contributed by atoms with Crippen LogP contribution in [0.4, 0.5) is 0 Å². The third kappa shape index (κ3) is 3.54. The molecule has 24 heavy (non-hydrogen) atoms. The third-order valence-corrected chi connectivity index (χ3v) is 3.98. The van der Waals surface area contributed by atoms with Gasteiger partial charge in [0.2, 0.25) is 0 Å². The molecule has 0 unspecified atom stereocenters. The van der Waals surface area contributed by atoms with E-state index in [2.05, 4.69) is 20.5 Å². The number of aryl methyl sites for hydroxylation is 3. The van der Waals surface area contributed by atoms with E-state index in [0.717, 1.165) is 23.6 Å². The molecule has 1 aromatic carbocycles. The van der Waals surface area contributed by atoms with Crippen LogP contribution in [0, 0.1) is 13.8 Å². The summed E-state index contributed by atoms with van der Waals surface area (Å²) in [6.45, 7) is 4.51. The minimum Gasteiger partial charge on any atom is -0.352 e. The number of carbonyl (C=O) groups excluding carboxylic acids is 1. The lowest BCUT2D eigenvalue weighted by Gasteiger charge is -2.06. The van der Waals surface area contributed by atoms with Gasteiger partial charge in [-0.25, -0.2) is 4.98 Å². The van der Waals surface area contributed by atoms with Crippen LogP contribution in [-0.4, -0.2) is 32.0 Å². The molecule has 2 heterocycles. The van der Waals surface area contributed by atoms with Gasteiger partial charge in [0.05, 0.1) is 0 Å². The fourth-order valence-corrected chi connectivity index (χ4v) is 2.74. The molecule has 0 aliphatic heterocycles. The second kappa shape index (κ2) is 6.97. The summed E-state index contributed by atoms with van der Waals surface area (Å²) in [5.41, 5.74) is 2.58. The monoisotopic (exact) mass is 343 g/mol. The zero-order chi connectivity index (χ0) is 17.1. The van der Waals surface area contributed by atoms with E-state index >= 15 is 0 Å². The molecule has 0 radical (unpaired) electrons. The summed E-state index contributed by atoms with van der Waals surface area (Å²) in [5, 5.41) is 11.8. The maximum Gasteiger partial charge on any atom is 0.255 e. The summed E-state index contributed by atoms with van der Waals surface area (Å²) < 4.78 is 1.95. The minimum absolute atomic E-state index is 0.105. The summed E-state index contributed by atoms with van der Waals surface area (Å²) >= 11 is 5.82. The number of fused-ring (bicyclic) bond motifs is 1. The van der Waals surface area contributed by atoms with Gasteiger partial charge in [0.1, 0.15) is 5.82 Å². The Morgan fingerprint density at radius 1 is 1.21 bits per heavy atom. The average molecular weight is 344 g/mol. The lowest BCUT2D eigenvalue weighted by molar-refractivity contribution is 0.0953. The molecule has 6 nitrogen and oxygen atoms in total. The van der Waals surface area contributed by atoms with Gasteiger partial charge in [0.15, 0.2) is 0 Å². The first-order valence-corrected chi connectivity index (χ1v) is 8.14. The summed E-state index contributed by atoms with van der Waals surface area (Å²) in [6, 6.07) is 8.83. The van der Waals surface area contributed by atoms with Crippen molar-refractivity contribution in [3.05, 3.63) is 58.1 Å². The zero-order valence-electron chi connectivity index (χ0n) is 13.6. The minimum atomic E-state index is -0.105. The predicted molar refractivity (Wildman–Crippen MR) is 92.4 cm³/mol. The summed E-state index contributed by atoms with van der Waals surface area (Å²) in [5.74, 6) is 1.37. The fourth-order valence-electron chi connectivity index (χ4n) is 2.61. The zero-order valence-corrected chi connectivity index (χ0v) is 14.3. The van der Waals surface area contributed by atoms with Gasteiger partial charge in [-0.2, -0.15) is 0 Å². The average Bonchev–Trinajstić information content (AvgIpc) is 2.95. The van der Waals surface area contributed by atoms with Gasteiger partial charge in [0, 0.05) is 34.9 Å². The van der Waals surface area contributed by atoms with Crippen molar-refractivity contribution in [2.45, 2.75) is 26.7 Å². The fraction of sp³-hybridized carbons (Fsp3) is 0.294. The predicted octanol–water partition coefficient (Wildman–Crippen LogP) is 2.76. The third-order valence-electron chi connectivity index (χ3n) is 3.73. The van der Waals surface area contributed by atoms with E-state index in [1.807, 2.05) is 24.3 Å². The summed E-state index contributed by atoms with van der Waals surface area (Å²) in [6.07, 6.45) is 1.49. The van der Waals surface area contributed by atoms with Crippen LogP contribution in [0.25, 0.3) is 5.78 Å². The van der Waals surface area contributed by atoms with E-state index < -0.39 is 0 Å². The lowest BCUT2D eigenvalue weighted by atomic mass is 10.2. The van der Waals surface area contributed by atoms with Crippen molar-refractivity contribution >= 4 is 23.3 Å². The number of aromatic nitrogens is 4. The Bertz CT molecular complexity index is 873. The molecule has 0 bridgehead atoms. The molecule has 0 aliphatic carbocycles. The SMILES string of the molecule is Cc1cc(C)n2c(CCCNC(=O)c3ccc(Cl)cc3)nnc2n1. The normalized spacial score (nSPS) is 11.0. The highest BCUT2D eigenvalue weighted by Gasteiger charge is 2.10. The Morgan fingerprint density at radius 2 is 1.96 bits per heavy atom. The molecule has 0 atom stereocenters. The van der Waals surface area contributed by atoms with E-state index in [1.54, 1.807) is 24.3 Å². The number of hydrogen-bond donors (Lipinski definition) is 1. The van der Waals surface area contributed by atoms with Crippen molar-refractivity contribution in [2.75, 3.05) is 6.54 Å². The number of amides is 1. The van der Waals surface area contributed by atoms with Gasteiger partial charge >= 0.3 is 0 Å². The molecular weight excluding hydrogens is 326 g/mol. The Kier molecular flexibility index (Phi) is 4.76. The second-order valence-corrected chi connectivity index (χ2v) is 6.09. The number of halogens is 1. The summed E-state index contributed by atoms with van der Waals surface area (Å²) in [4.78, 5) is 16.4. The molecule has 1 N–H and O–H groups in total. The van der Waals surface area contributed by atoms with Crippen molar-refractivity contribution in [2.24, 2.45) is 0 Å². The number of benzene rings is 1. The number of nitrogens with zero attached hydrogens (tertiary/aromatic N) is 4. The molecule has 0 fully saturated rings. The van der Waals surface area contributed by atoms with Crippen molar-refractivity contribution in [1.82, 2.24) is 24.9 Å². The van der Waals surface area contributed by atoms with Crippen LogP contribution >= 0.6 is 11.6 Å². The number of nitrogens with one attached hydrogen (secondary N) is 1. The number of hydrogen-bond acceptors (Lipinski definition) is 4. The van der Waals surface area contributed by atoms with Crippen LogP contribution in [0.5, 0.6) is 0 Å². The van der Waals surface area contributed by atoms with Crippen molar-refractivity contribution in [1.29, 1.82) is 0 Å². The van der Waals surface area contributed by atoms with Gasteiger partial charge in [-0.3, -0.25) is 9.20 Å². The Hall–Kier alpha value is -2.47. The highest BCUT2D eigenvalue weighted by molar-refractivity contribution is 6.30. The van der Waals surface area contributed by atoms with Crippen molar-refractivity contribution in [3.8, 4) is 0 Å².